The van der Waals surface area contributed by atoms with Gasteiger partial charge in [0.05, 0.1) is 11.4 Å². The molecule has 2 aromatic rings. The van der Waals surface area contributed by atoms with Crippen LogP contribution in [0, 0.1) is 27.7 Å². The van der Waals surface area contributed by atoms with Crippen LogP contribution in [0.5, 0.6) is 5.75 Å². The van der Waals surface area contributed by atoms with E-state index in [4.69, 9.17) is 9.73 Å². The van der Waals surface area contributed by atoms with Gasteiger partial charge in [-0.15, -0.1) is 0 Å². The Kier molecular flexibility index (Phi) is 4.79. The van der Waals surface area contributed by atoms with Crippen molar-refractivity contribution in [2.45, 2.75) is 34.6 Å². The fourth-order valence-corrected chi connectivity index (χ4v) is 2.41. The molecule has 0 bridgehead atoms. The van der Waals surface area contributed by atoms with Crippen LogP contribution in [-0.4, -0.2) is 12.3 Å². The van der Waals surface area contributed by atoms with Crippen LogP contribution >= 0.6 is 0 Å². The summed E-state index contributed by atoms with van der Waals surface area (Å²) < 4.78 is 5.95. The van der Waals surface area contributed by atoms with Crippen LogP contribution in [0.15, 0.2) is 41.4 Å². The second kappa shape index (κ2) is 6.57. The monoisotopic (exact) mass is 281 g/mol. The van der Waals surface area contributed by atoms with Crippen molar-refractivity contribution >= 4 is 11.4 Å². The largest absolute Gasteiger partial charge is 0.487 e. The molecule has 0 aromatic heterocycles. The standard InChI is InChI=1S/C19H23NO/c1-13-8-6-9-14(2)18(13)20-17(5)12-21-19-15(3)10-7-11-16(19)4/h6-11H,12H2,1-5H3. The highest BCUT2D eigenvalue weighted by Gasteiger charge is 2.05. The first kappa shape index (κ1) is 15.3. The Morgan fingerprint density at radius 2 is 1.33 bits per heavy atom. The number of rotatable bonds is 4. The van der Waals surface area contributed by atoms with E-state index in [1.807, 2.05) is 6.92 Å². The first-order valence-corrected chi connectivity index (χ1v) is 7.28. The lowest BCUT2D eigenvalue weighted by atomic mass is 10.1. The maximum atomic E-state index is 5.95. The summed E-state index contributed by atoms with van der Waals surface area (Å²) in [5.41, 5.74) is 6.75. The lowest BCUT2D eigenvalue weighted by Gasteiger charge is -2.12. The summed E-state index contributed by atoms with van der Waals surface area (Å²) in [6.45, 7) is 10.8. The van der Waals surface area contributed by atoms with Crippen LogP contribution in [-0.2, 0) is 0 Å². The third-order valence-electron chi connectivity index (χ3n) is 3.58. The van der Waals surface area contributed by atoms with E-state index in [0.717, 1.165) is 28.3 Å². The number of aryl methyl sites for hydroxylation is 4. The maximum Gasteiger partial charge on any atom is 0.126 e. The zero-order valence-electron chi connectivity index (χ0n) is 13.5. The molecule has 110 valence electrons. The predicted molar refractivity (Wildman–Crippen MR) is 90.1 cm³/mol. The average Bonchev–Trinajstić information content (AvgIpc) is 2.42. The van der Waals surface area contributed by atoms with Crippen molar-refractivity contribution in [2.24, 2.45) is 4.99 Å². The highest BCUT2D eigenvalue weighted by Crippen LogP contribution is 2.24. The van der Waals surface area contributed by atoms with Crippen molar-refractivity contribution in [1.82, 2.24) is 0 Å². The van der Waals surface area contributed by atoms with Gasteiger partial charge in [0.1, 0.15) is 12.4 Å². The molecule has 0 saturated carbocycles. The number of ether oxygens (including phenoxy) is 1. The highest BCUT2D eigenvalue weighted by molar-refractivity contribution is 5.86. The summed E-state index contributed by atoms with van der Waals surface area (Å²) in [6.07, 6.45) is 0. The molecular formula is C19H23NO. The molecule has 0 radical (unpaired) electrons. The van der Waals surface area contributed by atoms with Crippen LogP contribution < -0.4 is 4.74 Å². The molecule has 2 aromatic carbocycles. The Bertz CT molecular complexity index is 631. The van der Waals surface area contributed by atoms with Crippen molar-refractivity contribution in [3.05, 3.63) is 58.7 Å². The minimum Gasteiger partial charge on any atom is -0.487 e. The van der Waals surface area contributed by atoms with Crippen molar-refractivity contribution in [3.63, 3.8) is 0 Å². The summed E-state index contributed by atoms with van der Waals surface area (Å²) >= 11 is 0. The van der Waals surface area contributed by atoms with E-state index in [0.29, 0.717) is 6.61 Å². The fraction of sp³-hybridized carbons (Fsp3) is 0.316. The number of benzene rings is 2. The average molecular weight is 281 g/mol. The van der Waals surface area contributed by atoms with Crippen LogP contribution in [0.3, 0.4) is 0 Å². The normalized spacial score (nSPS) is 11.6. The first-order valence-electron chi connectivity index (χ1n) is 7.28. The van der Waals surface area contributed by atoms with Gasteiger partial charge in [-0.05, 0) is 56.9 Å². The topological polar surface area (TPSA) is 21.6 Å². The summed E-state index contributed by atoms with van der Waals surface area (Å²) in [7, 11) is 0. The molecule has 0 heterocycles. The molecule has 0 aliphatic carbocycles. The second-order valence-corrected chi connectivity index (χ2v) is 5.60. The van der Waals surface area contributed by atoms with Crippen molar-refractivity contribution < 1.29 is 4.74 Å². The summed E-state index contributed by atoms with van der Waals surface area (Å²) in [5, 5.41) is 0. The smallest absolute Gasteiger partial charge is 0.126 e. The van der Waals surface area contributed by atoms with Gasteiger partial charge in [-0.3, -0.25) is 4.99 Å². The maximum absolute atomic E-state index is 5.95. The molecule has 0 aliphatic heterocycles. The van der Waals surface area contributed by atoms with Gasteiger partial charge in [0.15, 0.2) is 0 Å². The predicted octanol–water partition coefficient (Wildman–Crippen LogP) is 5.09. The van der Waals surface area contributed by atoms with Gasteiger partial charge in [0.2, 0.25) is 0 Å². The quantitative estimate of drug-likeness (QED) is 0.715. The van der Waals surface area contributed by atoms with E-state index in [9.17, 15) is 0 Å². The Balaban J connectivity index is 2.15. The third kappa shape index (κ3) is 3.72. The van der Waals surface area contributed by atoms with Crippen LogP contribution in [0.25, 0.3) is 0 Å². The van der Waals surface area contributed by atoms with Crippen LogP contribution in [0.1, 0.15) is 29.2 Å². The Morgan fingerprint density at radius 1 is 0.857 bits per heavy atom. The van der Waals surface area contributed by atoms with Gasteiger partial charge in [-0.2, -0.15) is 0 Å². The molecule has 0 unspecified atom stereocenters. The molecule has 21 heavy (non-hydrogen) atoms. The van der Waals surface area contributed by atoms with E-state index < -0.39 is 0 Å². The van der Waals surface area contributed by atoms with Gasteiger partial charge >= 0.3 is 0 Å². The SMILES string of the molecule is CC(COc1c(C)cccc1C)=Nc1c(C)cccc1C. The third-order valence-corrected chi connectivity index (χ3v) is 3.58. The molecule has 2 nitrogen and oxygen atoms in total. The van der Waals surface area contributed by atoms with Gasteiger partial charge in [0, 0.05) is 0 Å². The lowest BCUT2D eigenvalue weighted by molar-refractivity contribution is 0.370. The molecule has 0 N–H and O–H groups in total. The van der Waals surface area contributed by atoms with E-state index in [2.05, 4.69) is 64.1 Å². The fourth-order valence-electron chi connectivity index (χ4n) is 2.41. The van der Waals surface area contributed by atoms with E-state index in [1.54, 1.807) is 0 Å². The molecule has 0 amide bonds. The van der Waals surface area contributed by atoms with E-state index >= 15 is 0 Å². The summed E-state index contributed by atoms with van der Waals surface area (Å²) in [6, 6.07) is 12.4. The zero-order chi connectivity index (χ0) is 15.4. The van der Waals surface area contributed by atoms with Gasteiger partial charge in [-0.25, -0.2) is 0 Å². The number of nitrogens with zero attached hydrogens (tertiary/aromatic N) is 1. The van der Waals surface area contributed by atoms with Crippen LogP contribution in [0.2, 0.25) is 0 Å². The summed E-state index contributed by atoms with van der Waals surface area (Å²) in [5.74, 6) is 0.966. The zero-order valence-corrected chi connectivity index (χ0v) is 13.5. The van der Waals surface area contributed by atoms with Gasteiger partial charge in [0.25, 0.3) is 0 Å². The molecule has 0 aliphatic rings. The Morgan fingerprint density at radius 3 is 1.86 bits per heavy atom. The second-order valence-electron chi connectivity index (χ2n) is 5.60. The van der Waals surface area contributed by atoms with Crippen molar-refractivity contribution in [2.75, 3.05) is 6.61 Å². The number of hydrogen-bond donors (Lipinski definition) is 0. The molecule has 0 spiro atoms. The molecule has 0 atom stereocenters. The highest BCUT2D eigenvalue weighted by atomic mass is 16.5. The lowest BCUT2D eigenvalue weighted by Crippen LogP contribution is -2.09. The minimum atomic E-state index is 0.513. The summed E-state index contributed by atoms with van der Waals surface area (Å²) in [4.78, 5) is 4.72. The van der Waals surface area contributed by atoms with Gasteiger partial charge < -0.3 is 4.74 Å². The van der Waals surface area contributed by atoms with Crippen LogP contribution in [0.4, 0.5) is 5.69 Å². The number of hydrogen-bond acceptors (Lipinski definition) is 2. The van der Waals surface area contributed by atoms with E-state index in [1.165, 1.54) is 11.1 Å². The molecule has 0 fully saturated rings. The van der Waals surface area contributed by atoms with Gasteiger partial charge in [-0.1, -0.05) is 36.4 Å². The minimum absolute atomic E-state index is 0.513. The van der Waals surface area contributed by atoms with E-state index in [-0.39, 0.29) is 0 Å². The Labute approximate surface area is 127 Å². The van der Waals surface area contributed by atoms with Crippen molar-refractivity contribution in [1.29, 1.82) is 0 Å². The molecule has 2 rings (SSSR count). The molecular weight excluding hydrogens is 258 g/mol. The van der Waals surface area contributed by atoms with Crippen molar-refractivity contribution in [3.8, 4) is 5.75 Å². The first-order chi connectivity index (χ1) is 9.99. The molecule has 2 heteroatoms. The number of para-hydroxylation sites is 2. The molecule has 0 saturated heterocycles. The number of aliphatic imine (C=N–C) groups is 1. The Hall–Kier alpha value is -2.09.